The Balaban J connectivity index is 1.76. The molecule has 1 aromatic carbocycles. The lowest BCUT2D eigenvalue weighted by Crippen LogP contribution is -2.19. The van der Waals surface area contributed by atoms with Crippen molar-refractivity contribution >= 4 is 6.08 Å². The van der Waals surface area contributed by atoms with Gasteiger partial charge in [0.05, 0.1) is 0 Å². The van der Waals surface area contributed by atoms with Crippen molar-refractivity contribution in [3.8, 4) is 5.75 Å². The second-order valence-corrected chi connectivity index (χ2v) is 7.72. The minimum atomic E-state index is -5.13. The van der Waals surface area contributed by atoms with E-state index in [1.54, 1.807) is 6.08 Å². The molecule has 0 radical (unpaired) electrons. The summed E-state index contributed by atoms with van der Waals surface area (Å²) in [5.41, 5.74) is 0.184. The molecule has 1 nitrogen and oxygen atoms in total. The van der Waals surface area contributed by atoms with Crippen LogP contribution in [0.1, 0.15) is 76.7 Å². The summed E-state index contributed by atoms with van der Waals surface area (Å²) >= 11 is 0. The van der Waals surface area contributed by atoms with E-state index < -0.39 is 23.7 Å². The summed E-state index contributed by atoms with van der Waals surface area (Å²) in [4.78, 5) is 0. The van der Waals surface area contributed by atoms with Gasteiger partial charge >= 0.3 is 6.36 Å². The van der Waals surface area contributed by atoms with Crippen LogP contribution in [-0.4, -0.2) is 6.36 Å². The zero-order valence-electron chi connectivity index (χ0n) is 16.3. The minimum absolute atomic E-state index is 0.184. The average molecular weight is 404 g/mol. The van der Waals surface area contributed by atoms with E-state index in [1.165, 1.54) is 51.4 Å². The third-order valence-electron chi connectivity index (χ3n) is 5.47. The van der Waals surface area contributed by atoms with Gasteiger partial charge in [0.2, 0.25) is 5.75 Å². The Hall–Kier alpha value is -1.59. The summed E-state index contributed by atoms with van der Waals surface area (Å²) in [5, 5.41) is 0. The highest BCUT2D eigenvalue weighted by Gasteiger charge is 2.34. The number of alkyl halides is 3. The highest BCUT2D eigenvalue weighted by Crippen LogP contribution is 2.34. The molecule has 0 N–H and O–H groups in total. The van der Waals surface area contributed by atoms with Crippen molar-refractivity contribution in [1.29, 1.82) is 0 Å². The quantitative estimate of drug-likeness (QED) is 0.299. The smallest absolute Gasteiger partial charge is 0.399 e. The molecule has 0 aromatic heterocycles. The van der Waals surface area contributed by atoms with E-state index in [2.05, 4.69) is 11.7 Å². The third kappa shape index (κ3) is 7.80. The molecule has 1 saturated carbocycles. The molecule has 0 heterocycles. The van der Waals surface area contributed by atoms with Crippen LogP contribution < -0.4 is 4.74 Å². The Morgan fingerprint density at radius 3 is 2.07 bits per heavy atom. The van der Waals surface area contributed by atoms with Gasteiger partial charge < -0.3 is 4.74 Å². The first-order chi connectivity index (χ1) is 13.3. The molecule has 6 heteroatoms. The van der Waals surface area contributed by atoms with Crippen molar-refractivity contribution in [3.63, 3.8) is 0 Å². The van der Waals surface area contributed by atoms with E-state index in [4.69, 9.17) is 0 Å². The van der Waals surface area contributed by atoms with Crippen LogP contribution in [0.15, 0.2) is 18.2 Å². The summed E-state index contributed by atoms with van der Waals surface area (Å²) in [7, 11) is 0. The second kappa shape index (κ2) is 10.8. The monoisotopic (exact) mass is 404 g/mol. The lowest BCUT2D eigenvalue weighted by Gasteiger charge is -2.28. The summed E-state index contributed by atoms with van der Waals surface area (Å²) in [6.45, 7) is 2.22. The van der Waals surface area contributed by atoms with Crippen LogP contribution in [0.5, 0.6) is 5.75 Å². The minimum Gasteiger partial charge on any atom is -0.399 e. The van der Waals surface area contributed by atoms with E-state index >= 15 is 0 Å². The molecule has 0 spiro atoms. The molecular weight excluding hydrogens is 375 g/mol. The normalized spacial score (nSPS) is 20.6. The second-order valence-electron chi connectivity index (χ2n) is 7.72. The zero-order valence-corrected chi connectivity index (χ0v) is 16.3. The van der Waals surface area contributed by atoms with Crippen molar-refractivity contribution in [3.05, 3.63) is 35.4 Å². The molecule has 0 unspecified atom stereocenters. The van der Waals surface area contributed by atoms with Crippen molar-refractivity contribution in [2.75, 3.05) is 0 Å². The van der Waals surface area contributed by atoms with Crippen molar-refractivity contribution in [2.24, 2.45) is 11.8 Å². The van der Waals surface area contributed by atoms with Gasteiger partial charge in [0.25, 0.3) is 0 Å². The van der Waals surface area contributed by atoms with Gasteiger partial charge in [-0.25, -0.2) is 8.78 Å². The van der Waals surface area contributed by atoms with Crippen LogP contribution in [0.3, 0.4) is 0 Å². The van der Waals surface area contributed by atoms with Gasteiger partial charge in [-0.1, -0.05) is 70.4 Å². The van der Waals surface area contributed by atoms with Gasteiger partial charge in [-0.15, -0.1) is 13.2 Å². The fourth-order valence-electron chi connectivity index (χ4n) is 3.93. The molecule has 2 rings (SSSR count). The fraction of sp³-hybridized carbons (Fsp3) is 0.636. The molecule has 0 saturated heterocycles. The van der Waals surface area contributed by atoms with Crippen LogP contribution in [0.2, 0.25) is 0 Å². The maximum atomic E-state index is 13.7. The molecular formula is C22H29F5O. The highest BCUT2D eigenvalue weighted by molar-refractivity contribution is 5.51. The van der Waals surface area contributed by atoms with E-state index in [-0.39, 0.29) is 5.56 Å². The predicted molar refractivity (Wildman–Crippen MR) is 101 cm³/mol. The maximum absolute atomic E-state index is 13.7. The highest BCUT2D eigenvalue weighted by atomic mass is 19.4. The van der Waals surface area contributed by atoms with E-state index in [0.717, 1.165) is 30.9 Å². The molecule has 158 valence electrons. The van der Waals surface area contributed by atoms with Gasteiger partial charge in [-0.05, 0) is 42.4 Å². The van der Waals surface area contributed by atoms with Crippen LogP contribution >= 0.6 is 0 Å². The number of halogens is 5. The van der Waals surface area contributed by atoms with E-state index in [1.807, 2.05) is 6.08 Å². The molecule has 1 aliphatic carbocycles. The van der Waals surface area contributed by atoms with Crippen molar-refractivity contribution < 1.29 is 26.7 Å². The first kappa shape index (κ1) is 22.7. The molecule has 28 heavy (non-hydrogen) atoms. The molecule has 1 aliphatic rings. The molecule has 0 amide bonds. The number of unbranched alkanes of at least 4 members (excludes halogenated alkanes) is 2. The first-order valence-corrected chi connectivity index (χ1v) is 10.2. The standard InChI is InChI=1S/C22H29F5O/c1-2-3-4-7-16-10-12-17(13-11-16)8-5-6-9-18-14-19(23)21(20(24)15-18)28-22(25,26)27/h6,9,14-17H,2-5,7-8,10-13H2,1H3/b9-6-. The fourth-order valence-corrected chi connectivity index (χ4v) is 3.93. The number of hydrogen-bond acceptors (Lipinski definition) is 1. The van der Waals surface area contributed by atoms with Gasteiger partial charge in [-0.3, -0.25) is 0 Å². The number of ether oxygens (including phenoxy) is 1. The zero-order chi connectivity index (χ0) is 20.6. The van der Waals surface area contributed by atoms with Crippen LogP contribution in [0, 0.1) is 23.5 Å². The molecule has 0 atom stereocenters. The van der Waals surface area contributed by atoms with Gasteiger partial charge in [0.1, 0.15) is 0 Å². The first-order valence-electron chi connectivity index (χ1n) is 10.2. The van der Waals surface area contributed by atoms with Gasteiger partial charge in [0, 0.05) is 0 Å². The Morgan fingerprint density at radius 2 is 1.54 bits per heavy atom. The number of rotatable bonds is 9. The molecule has 1 aromatic rings. The Labute approximate surface area is 164 Å². The van der Waals surface area contributed by atoms with Gasteiger partial charge in [-0.2, -0.15) is 0 Å². The summed E-state index contributed by atoms with van der Waals surface area (Å²) < 4.78 is 67.2. The van der Waals surface area contributed by atoms with Crippen LogP contribution in [0.25, 0.3) is 6.08 Å². The largest absolute Gasteiger partial charge is 0.573 e. The van der Waals surface area contributed by atoms with Crippen LogP contribution in [0.4, 0.5) is 22.0 Å². The van der Waals surface area contributed by atoms with E-state index in [0.29, 0.717) is 5.92 Å². The number of hydrogen-bond donors (Lipinski definition) is 0. The van der Waals surface area contributed by atoms with Crippen molar-refractivity contribution in [1.82, 2.24) is 0 Å². The Bertz CT molecular complexity index is 607. The van der Waals surface area contributed by atoms with E-state index in [9.17, 15) is 22.0 Å². The predicted octanol–water partition coefficient (Wildman–Crippen LogP) is 8.04. The van der Waals surface area contributed by atoms with Gasteiger partial charge in [0.15, 0.2) is 11.6 Å². The maximum Gasteiger partial charge on any atom is 0.573 e. The number of allylic oxidation sites excluding steroid dienone is 1. The lowest BCUT2D eigenvalue weighted by molar-refractivity contribution is -0.276. The number of benzene rings is 1. The molecule has 1 fully saturated rings. The Kier molecular flexibility index (Phi) is 8.77. The summed E-state index contributed by atoms with van der Waals surface area (Å²) in [5.74, 6) is -2.60. The molecule has 0 aliphatic heterocycles. The average Bonchev–Trinajstić information content (AvgIpc) is 2.62. The molecule has 0 bridgehead atoms. The Morgan fingerprint density at radius 1 is 0.964 bits per heavy atom. The topological polar surface area (TPSA) is 9.23 Å². The summed E-state index contributed by atoms with van der Waals surface area (Å²) in [6, 6.07) is 1.70. The van der Waals surface area contributed by atoms with Crippen molar-refractivity contribution in [2.45, 2.75) is 77.5 Å². The van der Waals surface area contributed by atoms with Crippen LogP contribution in [-0.2, 0) is 0 Å². The SMILES string of the molecule is CCCCCC1CCC(CC/C=C\c2cc(F)c(OC(F)(F)F)c(F)c2)CC1. The third-order valence-corrected chi connectivity index (χ3v) is 5.47. The lowest BCUT2D eigenvalue weighted by atomic mass is 9.78. The summed E-state index contributed by atoms with van der Waals surface area (Å²) in [6.07, 6.45) is 10.3.